The number of nitrogens with zero attached hydrogens (tertiary/aromatic N) is 7. The lowest BCUT2D eigenvalue weighted by Gasteiger charge is -2.17. The van der Waals surface area contributed by atoms with Crippen LogP contribution in [0.3, 0.4) is 0 Å². The number of nitrogens with one attached hydrogen (secondary N) is 1. The zero-order valence-electron chi connectivity index (χ0n) is 22.5. The smallest absolute Gasteiger partial charge is 0.332 e. The van der Waals surface area contributed by atoms with E-state index in [4.69, 9.17) is 27.9 Å². The van der Waals surface area contributed by atoms with Crippen LogP contribution in [0.25, 0.3) is 22.3 Å². The monoisotopic (exact) mass is 634 g/mol. The van der Waals surface area contributed by atoms with Gasteiger partial charge in [0.1, 0.15) is 6.33 Å². The molecule has 4 aromatic heterocycles. The molecular weight excluding hydrogens is 616 g/mol. The van der Waals surface area contributed by atoms with Crippen LogP contribution in [0.5, 0.6) is 5.88 Å². The van der Waals surface area contributed by atoms with Crippen LogP contribution in [0, 0.1) is 17.5 Å². The first-order valence-corrected chi connectivity index (χ1v) is 13.0. The number of carbonyl (C=O) groups excluding carboxylic acids is 1. The Labute approximate surface area is 249 Å². The van der Waals surface area contributed by atoms with Gasteiger partial charge < -0.3 is 10.1 Å². The number of aromatic nitrogens is 7. The minimum Gasteiger partial charge on any atom is -0.480 e. The van der Waals surface area contributed by atoms with Gasteiger partial charge in [-0.05, 0) is 29.8 Å². The molecule has 1 aromatic carbocycles. The molecule has 17 heteroatoms. The molecule has 0 spiro atoms. The molecule has 222 valence electrons. The Balaban J connectivity index is 1.83. The number of methoxy groups -OCH3 is 1. The average Bonchev–Trinajstić information content (AvgIpc) is 3.39. The van der Waals surface area contributed by atoms with Crippen molar-refractivity contribution in [3.63, 3.8) is 0 Å². The number of halogens is 5. The molecule has 43 heavy (non-hydrogen) atoms. The molecule has 0 atom stereocenters. The van der Waals surface area contributed by atoms with Gasteiger partial charge in [-0.2, -0.15) is 5.10 Å². The summed E-state index contributed by atoms with van der Waals surface area (Å²) in [6, 6.07) is 4.13. The molecule has 0 aliphatic heterocycles. The van der Waals surface area contributed by atoms with Crippen molar-refractivity contribution in [3.05, 3.63) is 96.0 Å². The molecule has 1 amide bonds. The molecule has 12 nitrogen and oxygen atoms in total. The van der Waals surface area contributed by atoms with Gasteiger partial charge in [-0.1, -0.05) is 23.2 Å². The third kappa shape index (κ3) is 5.44. The molecule has 0 aliphatic carbocycles. The first-order valence-electron chi connectivity index (χ1n) is 12.2. The van der Waals surface area contributed by atoms with Gasteiger partial charge in [-0.3, -0.25) is 23.4 Å². The maximum Gasteiger partial charge on any atom is 0.332 e. The van der Waals surface area contributed by atoms with Gasteiger partial charge in [0.15, 0.2) is 34.5 Å². The highest BCUT2D eigenvalue weighted by Gasteiger charge is 2.24. The fourth-order valence-electron chi connectivity index (χ4n) is 4.34. The Morgan fingerprint density at radius 2 is 1.74 bits per heavy atom. The summed E-state index contributed by atoms with van der Waals surface area (Å²) in [5.74, 6) is -4.44. The summed E-state index contributed by atoms with van der Waals surface area (Å²) in [5, 5.41) is 5.62. The number of hydrogen-bond donors (Lipinski definition) is 1. The highest BCUT2D eigenvalue weighted by atomic mass is 35.5. The molecule has 1 N–H and O–H groups in total. The van der Waals surface area contributed by atoms with Gasteiger partial charge in [0.25, 0.3) is 11.5 Å². The first kappa shape index (κ1) is 29.7. The van der Waals surface area contributed by atoms with Crippen molar-refractivity contribution in [2.24, 2.45) is 7.05 Å². The summed E-state index contributed by atoms with van der Waals surface area (Å²) in [4.78, 5) is 52.1. The van der Waals surface area contributed by atoms with E-state index in [-0.39, 0.29) is 51.1 Å². The van der Waals surface area contributed by atoms with E-state index in [0.717, 1.165) is 27.3 Å². The molecule has 0 aliphatic rings. The van der Waals surface area contributed by atoms with E-state index in [1.165, 1.54) is 31.2 Å². The second-order valence-corrected chi connectivity index (χ2v) is 9.92. The molecule has 0 bridgehead atoms. The molecule has 0 fully saturated rings. The average molecular weight is 635 g/mol. The zero-order valence-corrected chi connectivity index (χ0v) is 24.0. The van der Waals surface area contributed by atoms with E-state index >= 15 is 0 Å². The summed E-state index contributed by atoms with van der Waals surface area (Å²) < 4.78 is 51.3. The number of hydrogen-bond acceptors (Lipinski definition) is 8. The van der Waals surface area contributed by atoms with Crippen molar-refractivity contribution in [3.8, 4) is 17.1 Å². The minimum absolute atomic E-state index is 0.00911. The maximum atomic E-state index is 14.5. The first-order chi connectivity index (χ1) is 20.4. The summed E-state index contributed by atoms with van der Waals surface area (Å²) in [6.07, 6.45) is 1.38. The molecule has 0 radical (unpaired) electrons. The largest absolute Gasteiger partial charge is 0.480 e. The lowest BCUT2D eigenvalue weighted by Crippen LogP contribution is -2.41. The van der Waals surface area contributed by atoms with Crippen LogP contribution in [-0.4, -0.2) is 53.9 Å². The molecule has 0 saturated carbocycles. The van der Waals surface area contributed by atoms with Gasteiger partial charge in [0.2, 0.25) is 5.88 Å². The standard InChI is InChI=1S/C26H19Cl2F3N8O4/c1-32-23(40)21-16(30)7-14(28)20(34-21)12-6-17-22(35-24(12)43-3)25(41)39(9-18-33-10-37(2)36-18)26(42)38(17)8-11-4-13(27)19(31)15(29)5-11/h4-7,10H,8-9H2,1-3H3,(H,32,40). The lowest BCUT2D eigenvalue weighted by atomic mass is 10.1. The van der Waals surface area contributed by atoms with Crippen molar-refractivity contribution in [1.29, 1.82) is 0 Å². The van der Waals surface area contributed by atoms with Gasteiger partial charge in [0.05, 0.1) is 47.0 Å². The molecule has 0 unspecified atom stereocenters. The third-order valence-corrected chi connectivity index (χ3v) is 6.88. The van der Waals surface area contributed by atoms with E-state index in [1.54, 1.807) is 7.05 Å². The van der Waals surface area contributed by atoms with Crippen LogP contribution < -0.4 is 21.3 Å². The number of carbonyl (C=O) groups is 1. The summed E-state index contributed by atoms with van der Waals surface area (Å²) in [5.41, 5.74) is -2.76. The molecular formula is C26H19Cl2F3N8O4. The number of amides is 1. The van der Waals surface area contributed by atoms with Gasteiger partial charge >= 0.3 is 5.69 Å². The Bertz CT molecular complexity index is 2040. The Morgan fingerprint density at radius 1 is 1.00 bits per heavy atom. The number of pyridine rings is 2. The van der Waals surface area contributed by atoms with Crippen LogP contribution >= 0.6 is 23.2 Å². The summed E-state index contributed by atoms with van der Waals surface area (Å²) in [6.45, 7) is -0.747. The van der Waals surface area contributed by atoms with Gasteiger partial charge in [-0.25, -0.2) is 32.9 Å². The minimum atomic E-state index is -1.27. The SMILES string of the molecule is CNC(=O)c1nc(-c2cc3c(nc2OC)c(=O)n(Cc2ncn(C)n2)c(=O)n3Cc2cc(F)c(F)c(Cl)c2)c(Cl)cc1F. The number of benzene rings is 1. The Kier molecular flexibility index (Phi) is 7.94. The van der Waals surface area contributed by atoms with Gasteiger partial charge in [-0.15, -0.1) is 0 Å². The topological polar surface area (TPSA) is 139 Å². The number of fused-ring (bicyclic) bond motifs is 1. The normalized spacial score (nSPS) is 11.3. The fourth-order valence-corrected chi connectivity index (χ4v) is 4.81. The van der Waals surface area contributed by atoms with E-state index in [0.29, 0.717) is 0 Å². The number of ether oxygens (including phenoxy) is 1. The lowest BCUT2D eigenvalue weighted by molar-refractivity contribution is 0.0954. The van der Waals surface area contributed by atoms with Crippen LogP contribution in [0.15, 0.2) is 40.2 Å². The summed E-state index contributed by atoms with van der Waals surface area (Å²) in [7, 11) is 4.12. The molecule has 5 aromatic rings. The van der Waals surface area contributed by atoms with Crippen LogP contribution in [0.4, 0.5) is 13.2 Å². The van der Waals surface area contributed by atoms with E-state index in [2.05, 4.69) is 25.4 Å². The van der Waals surface area contributed by atoms with Crippen molar-refractivity contribution in [2.75, 3.05) is 14.2 Å². The van der Waals surface area contributed by atoms with Gasteiger partial charge in [0, 0.05) is 14.1 Å². The quantitative estimate of drug-likeness (QED) is 0.270. The third-order valence-electron chi connectivity index (χ3n) is 6.32. The molecule has 0 saturated heterocycles. The highest BCUT2D eigenvalue weighted by molar-refractivity contribution is 6.33. The predicted molar refractivity (Wildman–Crippen MR) is 149 cm³/mol. The second-order valence-electron chi connectivity index (χ2n) is 9.11. The van der Waals surface area contributed by atoms with Crippen molar-refractivity contribution in [2.45, 2.75) is 13.1 Å². The fraction of sp³-hybridized carbons (Fsp3) is 0.192. The number of aryl methyl sites for hydroxylation is 1. The van der Waals surface area contributed by atoms with E-state index < -0.39 is 51.9 Å². The van der Waals surface area contributed by atoms with E-state index in [9.17, 15) is 27.6 Å². The maximum absolute atomic E-state index is 14.5. The van der Waals surface area contributed by atoms with Crippen LogP contribution in [-0.2, 0) is 20.1 Å². The van der Waals surface area contributed by atoms with Crippen molar-refractivity contribution < 1.29 is 22.7 Å². The molecule has 5 rings (SSSR count). The van der Waals surface area contributed by atoms with Crippen LogP contribution in [0.2, 0.25) is 10.0 Å². The van der Waals surface area contributed by atoms with Crippen molar-refractivity contribution in [1.82, 2.24) is 39.2 Å². The number of rotatable bonds is 7. The Hall–Kier alpha value is -4.76. The highest BCUT2D eigenvalue weighted by Crippen LogP contribution is 2.35. The predicted octanol–water partition coefficient (Wildman–Crippen LogP) is 2.94. The van der Waals surface area contributed by atoms with Crippen LogP contribution in [0.1, 0.15) is 21.9 Å². The Morgan fingerprint density at radius 3 is 2.37 bits per heavy atom. The summed E-state index contributed by atoms with van der Waals surface area (Å²) >= 11 is 12.1. The van der Waals surface area contributed by atoms with E-state index in [1.807, 2.05) is 0 Å². The molecule has 4 heterocycles. The van der Waals surface area contributed by atoms with Crippen molar-refractivity contribution >= 4 is 40.1 Å². The second kappa shape index (κ2) is 11.5. The zero-order chi connectivity index (χ0) is 31.2.